The van der Waals surface area contributed by atoms with E-state index in [0.29, 0.717) is 10.9 Å². The molecule has 0 spiro atoms. The van der Waals surface area contributed by atoms with Crippen LogP contribution in [0.5, 0.6) is 0 Å². The number of aromatic nitrogens is 2. The minimum atomic E-state index is -0.385. The first-order valence-electron chi connectivity index (χ1n) is 5.88. The standard InChI is InChI=1S/C9H8N2O2.2C2H6/c1-11-7-5-3-2-4-6(7)8(12)10-9(11)13;2*1-2/h2-5H,1H3,(H,10,12,13);2*1-2H3. The van der Waals surface area contributed by atoms with E-state index in [2.05, 4.69) is 4.98 Å². The summed E-state index contributed by atoms with van der Waals surface area (Å²) in [6.45, 7) is 8.00. The number of aryl methyl sites for hydroxylation is 1. The number of hydrogen-bond donors (Lipinski definition) is 1. The smallest absolute Gasteiger partial charge is 0.296 e. The van der Waals surface area contributed by atoms with Crippen molar-refractivity contribution in [1.29, 1.82) is 0 Å². The number of fused-ring (bicyclic) bond motifs is 1. The molecule has 0 saturated heterocycles. The fourth-order valence-corrected chi connectivity index (χ4v) is 1.32. The lowest BCUT2D eigenvalue weighted by Gasteiger charge is -2.01. The van der Waals surface area contributed by atoms with Crippen LogP contribution in [-0.4, -0.2) is 9.55 Å². The lowest BCUT2D eigenvalue weighted by Crippen LogP contribution is -2.28. The van der Waals surface area contributed by atoms with Crippen molar-refractivity contribution in [3.8, 4) is 0 Å². The SMILES string of the molecule is CC.CC.Cn1c(=O)[nH]c(=O)c2ccccc21. The quantitative estimate of drug-likeness (QED) is 0.763. The Morgan fingerprint density at radius 3 is 2.12 bits per heavy atom. The van der Waals surface area contributed by atoms with Crippen LogP contribution in [-0.2, 0) is 7.05 Å². The molecule has 0 radical (unpaired) electrons. The van der Waals surface area contributed by atoms with Gasteiger partial charge in [-0.1, -0.05) is 39.8 Å². The number of aromatic amines is 1. The van der Waals surface area contributed by atoms with Crippen molar-refractivity contribution < 1.29 is 0 Å². The van der Waals surface area contributed by atoms with Gasteiger partial charge in [-0.3, -0.25) is 14.3 Å². The molecule has 0 bridgehead atoms. The number of hydrogen-bond acceptors (Lipinski definition) is 2. The summed E-state index contributed by atoms with van der Waals surface area (Å²) < 4.78 is 1.41. The highest BCUT2D eigenvalue weighted by Crippen LogP contribution is 2.03. The predicted octanol–water partition coefficient (Wildman–Crippen LogP) is 2.28. The van der Waals surface area contributed by atoms with Crippen LogP contribution in [0.2, 0.25) is 0 Å². The van der Waals surface area contributed by atoms with E-state index in [1.54, 1.807) is 31.3 Å². The molecule has 0 saturated carbocycles. The number of nitrogens with one attached hydrogen (secondary N) is 1. The molecule has 1 N–H and O–H groups in total. The Labute approximate surface area is 101 Å². The second-order valence-electron chi connectivity index (χ2n) is 2.84. The monoisotopic (exact) mass is 236 g/mol. The number of para-hydroxylation sites is 1. The molecule has 0 aliphatic carbocycles. The van der Waals surface area contributed by atoms with Gasteiger partial charge in [-0.15, -0.1) is 0 Å². The zero-order chi connectivity index (χ0) is 13.4. The molecule has 1 heterocycles. The van der Waals surface area contributed by atoms with Crippen molar-refractivity contribution in [2.24, 2.45) is 7.05 Å². The summed E-state index contributed by atoms with van der Waals surface area (Å²) in [6.07, 6.45) is 0. The van der Waals surface area contributed by atoms with E-state index in [0.717, 1.165) is 0 Å². The molecule has 4 heteroatoms. The van der Waals surface area contributed by atoms with Crippen molar-refractivity contribution in [3.05, 3.63) is 45.1 Å². The average molecular weight is 236 g/mol. The third kappa shape index (κ3) is 3.31. The molecule has 4 nitrogen and oxygen atoms in total. The molecule has 2 rings (SSSR count). The fourth-order valence-electron chi connectivity index (χ4n) is 1.32. The first-order chi connectivity index (χ1) is 8.20. The van der Waals surface area contributed by atoms with E-state index in [-0.39, 0.29) is 11.2 Å². The first kappa shape index (κ1) is 15.2. The van der Waals surface area contributed by atoms with E-state index in [1.165, 1.54) is 4.57 Å². The Morgan fingerprint density at radius 1 is 1.00 bits per heavy atom. The van der Waals surface area contributed by atoms with Gasteiger partial charge in [-0.05, 0) is 12.1 Å². The molecule has 0 aliphatic heterocycles. The molecule has 1 aromatic carbocycles. The largest absolute Gasteiger partial charge is 0.328 e. The topological polar surface area (TPSA) is 54.9 Å². The van der Waals surface area contributed by atoms with Gasteiger partial charge in [0, 0.05) is 7.05 Å². The Bertz CT molecular complexity index is 567. The molecule has 94 valence electrons. The van der Waals surface area contributed by atoms with Gasteiger partial charge in [0.1, 0.15) is 0 Å². The van der Waals surface area contributed by atoms with Gasteiger partial charge in [0.2, 0.25) is 0 Å². The summed E-state index contributed by atoms with van der Waals surface area (Å²) >= 11 is 0. The van der Waals surface area contributed by atoms with Crippen molar-refractivity contribution in [1.82, 2.24) is 9.55 Å². The molecule has 0 amide bonds. The highest BCUT2D eigenvalue weighted by Gasteiger charge is 2.01. The molecular formula is C13H20N2O2. The van der Waals surface area contributed by atoms with Gasteiger partial charge >= 0.3 is 5.69 Å². The summed E-state index contributed by atoms with van der Waals surface area (Å²) in [4.78, 5) is 24.7. The summed E-state index contributed by atoms with van der Waals surface area (Å²) in [7, 11) is 1.63. The van der Waals surface area contributed by atoms with Gasteiger partial charge in [-0.25, -0.2) is 4.79 Å². The summed E-state index contributed by atoms with van der Waals surface area (Å²) in [5.41, 5.74) is -0.0707. The highest BCUT2D eigenvalue weighted by atomic mass is 16.2. The van der Waals surface area contributed by atoms with Gasteiger partial charge in [0.25, 0.3) is 5.56 Å². The molecular weight excluding hydrogens is 216 g/mol. The van der Waals surface area contributed by atoms with Crippen LogP contribution < -0.4 is 11.2 Å². The fraction of sp³-hybridized carbons (Fsp3) is 0.385. The lowest BCUT2D eigenvalue weighted by molar-refractivity contribution is 0.843. The van der Waals surface area contributed by atoms with Gasteiger partial charge < -0.3 is 0 Å². The summed E-state index contributed by atoms with van der Waals surface area (Å²) in [5, 5.41) is 0.532. The van der Waals surface area contributed by atoms with Gasteiger partial charge in [0.05, 0.1) is 10.9 Å². The van der Waals surface area contributed by atoms with Crippen LogP contribution in [0.4, 0.5) is 0 Å². The van der Waals surface area contributed by atoms with Crippen LogP contribution in [0.25, 0.3) is 10.9 Å². The second kappa shape index (κ2) is 7.44. The predicted molar refractivity (Wildman–Crippen MR) is 72.5 cm³/mol. The minimum Gasteiger partial charge on any atom is -0.296 e. The zero-order valence-electron chi connectivity index (χ0n) is 11.1. The third-order valence-corrected chi connectivity index (χ3v) is 2.04. The number of benzene rings is 1. The molecule has 2 aromatic rings. The Balaban J connectivity index is 0.000000581. The Morgan fingerprint density at radius 2 is 1.53 bits per heavy atom. The van der Waals surface area contributed by atoms with Gasteiger partial charge in [0.15, 0.2) is 0 Å². The van der Waals surface area contributed by atoms with Crippen molar-refractivity contribution in [2.45, 2.75) is 27.7 Å². The highest BCUT2D eigenvalue weighted by molar-refractivity contribution is 5.77. The minimum absolute atomic E-state index is 0.335. The Hall–Kier alpha value is -1.84. The van der Waals surface area contributed by atoms with Crippen LogP contribution in [0.15, 0.2) is 33.9 Å². The maximum absolute atomic E-state index is 11.3. The zero-order valence-corrected chi connectivity index (χ0v) is 11.1. The molecule has 0 aliphatic rings. The average Bonchev–Trinajstić information content (AvgIpc) is 2.41. The van der Waals surface area contributed by atoms with E-state index in [4.69, 9.17) is 0 Å². The van der Waals surface area contributed by atoms with E-state index < -0.39 is 0 Å². The van der Waals surface area contributed by atoms with Crippen LogP contribution in [0, 0.1) is 0 Å². The number of nitrogens with zero attached hydrogens (tertiary/aromatic N) is 1. The maximum atomic E-state index is 11.3. The number of H-pyrrole nitrogens is 1. The van der Waals surface area contributed by atoms with E-state index >= 15 is 0 Å². The first-order valence-corrected chi connectivity index (χ1v) is 5.88. The molecule has 0 unspecified atom stereocenters. The number of rotatable bonds is 0. The van der Waals surface area contributed by atoms with Crippen molar-refractivity contribution >= 4 is 10.9 Å². The van der Waals surface area contributed by atoms with Crippen LogP contribution >= 0.6 is 0 Å². The molecule has 17 heavy (non-hydrogen) atoms. The van der Waals surface area contributed by atoms with Crippen molar-refractivity contribution in [2.75, 3.05) is 0 Å². The third-order valence-electron chi connectivity index (χ3n) is 2.04. The summed E-state index contributed by atoms with van der Waals surface area (Å²) in [5.74, 6) is 0. The van der Waals surface area contributed by atoms with Crippen molar-refractivity contribution in [3.63, 3.8) is 0 Å². The second-order valence-corrected chi connectivity index (χ2v) is 2.84. The van der Waals surface area contributed by atoms with Gasteiger partial charge in [-0.2, -0.15) is 0 Å². The van der Waals surface area contributed by atoms with Crippen LogP contribution in [0.3, 0.4) is 0 Å². The molecule has 0 atom stereocenters. The Kier molecular flexibility index (Phi) is 6.63. The van der Waals surface area contributed by atoms with E-state index in [9.17, 15) is 9.59 Å². The van der Waals surface area contributed by atoms with E-state index in [1.807, 2.05) is 27.7 Å². The maximum Gasteiger partial charge on any atom is 0.328 e. The van der Waals surface area contributed by atoms with Crippen LogP contribution in [0.1, 0.15) is 27.7 Å². The summed E-state index contributed by atoms with van der Waals surface area (Å²) in [6, 6.07) is 6.99. The lowest BCUT2D eigenvalue weighted by atomic mass is 10.2. The normalized spacial score (nSPS) is 8.76. The molecule has 1 aromatic heterocycles. The molecule has 0 fully saturated rings.